The molecule has 0 fully saturated rings. The van der Waals surface area contributed by atoms with Crippen LogP contribution in [0.4, 0.5) is 5.69 Å². The summed E-state index contributed by atoms with van der Waals surface area (Å²) in [4.78, 5) is 11.8. The van der Waals surface area contributed by atoms with E-state index >= 15 is 0 Å². The number of methoxy groups -OCH3 is 1. The summed E-state index contributed by atoms with van der Waals surface area (Å²) in [6, 6.07) is 11.1. The van der Waals surface area contributed by atoms with E-state index in [4.69, 9.17) is 9.15 Å². The molecule has 0 bridgehead atoms. The molecule has 0 aliphatic heterocycles. The Morgan fingerprint density at radius 1 is 1.04 bits per heavy atom. The number of rotatable bonds is 4. The Bertz CT molecular complexity index is 1120. The van der Waals surface area contributed by atoms with Crippen LogP contribution < -0.4 is 15.1 Å². The topological polar surface area (TPSA) is 85.6 Å². The largest absolute Gasteiger partial charge is 0.495 e. The zero-order valence-electron chi connectivity index (χ0n) is 14.0. The molecule has 0 spiro atoms. The van der Waals surface area contributed by atoms with Crippen molar-refractivity contribution in [1.29, 1.82) is 0 Å². The lowest BCUT2D eigenvalue weighted by Gasteiger charge is -2.12. The van der Waals surface area contributed by atoms with Crippen molar-refractivity contribution in [2.75, 3.05) is 11.8 Å². The molecule has 0 aliphatic carbocycles. The van der Waals surface area contributed by atoms with Crippen LogP contribution in [0.2, 0.25) is 0 Å². The van der Waals surface area contributed by atoms with E-state index in [2.05, 4.69) is 4.72 Å². The van der Waals surface area contributed by atoms with E-state index in [1.807, 2.05) is 0 Å². The molecule has 0 saturated carbocycles. The van der Waals surface area contributed by atoms with E-state index in [1.165, 1.54) is 13.2 Å². The van der Waals surface area contributed by atoms with Crippen LogP contribution in [0.3, 0.4) is 0 Å². The molecule has 3 rings (SSSR count). The molecule has 1 aromatic heterocycles. The molecule has 7 heteroatoms. The molecule has 130 valence electrons. The fourth-order valence-corrected chi connectivity index (χ4v) is 3.78. The van der Waals surface area contributed by atoms with Gasteiger partial charge < -0.3 is 9.15 Å². The summed E-state index contributed by atoms with van der Waals surface area (Å²) in [5.74, 6) is 0.258. The first-order valence-corrected chi connectivity index (χ1v) is 9.01. The lowest BCUT2D eigenvalue weighted by molar-refractivity contribution is 0.403. The molecule has 0 atom stereocenters. The van der Waals surface area contributed by atoms with Crippen molar-refractivity contribution in [2.45, 2.75) is 18.7 Å². The minimum atomic E-state index is -3.82. The van der Waals surface area contributed by atoms with Gasteiger partial charge in [-0.2, -0.15) is 0 Å². The Hall–Kier alpha value is -2.80. The van der Waals surface area contributed by atoms with Gasteiger partial charge in [-0.15, -0.1) is 0 Å². The number of nitrogens with one attached hydrogen (secondary N) is 1. The first kappa shape index (κ1) is 17.0. The molecule has 25 heavy (non-hydrogen) atoms. The van der Waals surface area contributed by atoms with Gasteiger partial charge >= 0.3 is 5.63 Å². The summed E-state index contributed by atoms with van der Waals surface area (Å²) in [5, 5.41) is 0.678. The monoisotopic (exact) mass is 359 g/mol. The molecule has 3 aromatic rings. The van der Waals surface area contributed by atoms with Gasteiger partial charge in [-0.1, -0.05) is 12.1 Å². The maximum absolute atomic E-state index is 12.7. The van der Waals surface area contributed by atoms with Crippen molar-refractivity contribution in [1.82, 2.24) is 0 Å². The van der Waals surface area contributed by atoms with Crippen LogP contribution in [0.15, 0.2) is 56.6 Å². The van der Waals surface area contributed by atoms with Crippen molar-refractivity contribution in [2.24, 2.45) is 0 Å². The number of aryl methyl sites for hydroxylation is 1. The molecule has 2 aromatic carbocycles. The third-order valence-electron chi connectivity index (χ3n) is 4.07. The van der Waals surface area contributed by atoms with Crippen LogP contribution in [0.5, 0.6) is 5.75 Å². The van der Waals surface area contributed by atoms with E-state index < -0.39 is 15.6 Å². The van der Waals surface area contributed by atoms with Crippen molar-refractivity contribution in [3.63, 3.8) is 0 Å². The molecule has 1 N–H and O–H groups in total. The predicted octanol–water partition coefficient (Wildman–Crippen LogP) is 3.22. The summed E-state index contributed by atoms with van der Waals surface area (Å²) in [6.07, 6.45) is 0. The van der Waals surface area contributed by atoms with Crippen molar-refractivity contribution in [3.05, 3.63) is 64.0 Å². The minimum absolute atomic E-state index is 0.0464. The SMILES string of the molecule is COc1ccccc1S(=O)(=O)Nc1ccc2oc(=O)c(C)c(C)c2c1. The van der Waals surface area contributed by atoms with E-state index in [0.29, 0.717) is 22.2 Å². The van der Waals surface area contributed by atoms with Crippen molar-refractivity contribution < 1.29 is 17.6 Å². The van der Waals surface area contributed by atoms with E-state index in [-0.39, 0.29) is 10.6 Å². The second kappa shape index (κ2) is 6.25. The summed E-state index contributed by atoms with van der Waals surface area (Å²) in [7, 11) is -2.41. The number of hydrogen-bond donors (Lipinski definition) is 1. The summed E-state index contributed by atoms with van der Waals surface area (Å²) >= 11 is 0. The Morgan fingerprint density at radius 3 is 2.48 bits per heavy atom. The van der Waals surface area contributed by atoms with Gasteiger partial charge in [0.05, 0.1) is 7.11 Å². The van der Waals surface area contributed by atoms with E-state index in [1.54, 1.807) is 50.2 Å². The van der Waals surface area contributed by atoms with Gasteiger partial charge in [0.2, 0.25) is 0 Å². The van der Waals surface area contributed by atoms with Crippen LogP contribution in [-0.2, 0) is 10.0 Å². The third-order valence-corrected chi connectivity index (χ3v) is 5.49. The average Bonchev–Trinajstić information content (AvgIpc) is 2.60. The van der Waals surface area contributed by atoms with Gasteiger partial charge in [0, 0.05) is 16.6 Å². The summed E-state index contributed by atoms with van der Waals surface area (Å²) in [5.41, 5.74) is 1.64. The van der Waals surface area contributed by atoms with Crippen LogP contribution in [0, 0.1) is 13.8 Å². The highest BCUT2D eigenvalue weighted by atomic mass is 32.2. The number of hydrogen-bond acceptors (Lipinski definition) is 5. The zero-order valence-corrected chi connectivity index (χ0v) is 14.8. The second-order valence-corrected chi connectivity index (χ2v) is 7.26. The van der Waals surface area contributed by atoms with Gasteiger partial charge in [-0.3, -0.25) is 4.72 Å². The first-order chi connectivity index (χ1) is 11.8. The molecular weight excluding hydrogens is 342 g/mol. The highest BCUT2D eigenvalue weighted by molar-refractivity contribution is 7.92. The van der Waals surface area contributed by atoms with Gasteiger partial charge in [-0.05, 0) is 49.7 Å². The number of benzene rings is 2. The summed E-state index contributed by atoms with van der Waals surface area (Å²) < 4.78 is 38.2. The second-order valence-electron chi connectivity index (χ2n) is 5.61. The van der Waals surface area contributed by atoms with Crippen molar-refractivity contribution >= 4 is 26.7 Å². The van der Waals surface area contributed by atoms with Gasteiger partial charge in [0.15, 0.2) is 0 Å². The molecule has 0 unspecified atom stereocenters. The fraction of sp³-hybridized carbons (Fsp3) is 0.167. The van der Waals surface area contributed by atoms with Crippen LogP contribution in [0.1, 0.15) is 11.1 Å². The van der Waals surface area contributed by atoms with Crippen LogP contribution in [-0.4, -0.2) is 15.5 Å². The highest BCUT2D eigenvalue weighted by Gasteiger charge is 2.19. The molecule has 0 saturated heterocycles. The Labute approximate surface area is 145 Å². The molecule has 1 heterocycles. The zero-order chi connectivity index (χ0) is 18.2. The number of ether oxygens (including phenoxy) is 1. The Balaban J connectivity index is 2.07. The fourth-order valence-electron chi connectivity index (χ4n) is 2.56. The maximum Gasteiger partial charge on any atom is 0.339 e. The smallest absolute Gasteiger partial charge is 0.339 e. The normalized spacial score (nSPS) is 11.5. The quantitative estimate of drug-likeness (QED) is 0.723. The average molecular weight is 359 g/mol. The van der Waals surface area contributed by atoms with Crippen molar-refractivity contribution in [3.8, 4) is 5.75 Å². The predicted molar refractivity (Wildman–Crippen MR) is 95.8 cm³/mol. The molecule has 6 nitrogen and oxygen atoms in total. The Kier molecular flexibility index (Phi) is 4.26. The highest BCUT2D eigenvalue weighted by Crippen LogP contribution is 2.27. The molecule has 0 radical (unpaired) electrons. The van der Waals surface area contributed by atoms with E-state index in [0.717, 1.165) is 5.56 Å². The van der Waals surface area contributed by atoms with Gasteiger partial charge in [0.25, 0.3) is 10.0 Å². The molecular formula is C18H17NO5S. The lowest BCUT2D eigenvalue weighted by atomic mass is 10.1. The summed E-state index contributed by atoms with van der Waals surface area (Å²) in [6.45, 7) is 3.47. The number of fused-ring (bicyclic) bond motifs is 1. The lowest BCUT2D eigenvalue weighted by Crippen LogP contribution is -2.14. The molecule has 0 aliphatic rings. The Morgan fingerprint density at radius 2 is 1.76 bits per heavy atom. The first-order valence-electron chi connectivity index (χ1n) is 7.53. The number of sulfonamides is 1. The minimum Gasteiger partial charge on any atom is -0.495 e. The molecule has 0 amide bonds. The third kappa shape index (κ3) is 3.10. The standard InChI is InChI=1S/C18H17NO5S/c1-11-12(2)18(20)24-15-9-8-13(10-14(11)15)19-25(21,22)17-7-5-4-6-16(17)23-3/h4-10,19H,1-3H3. The number of anilines is 1. The van der Waals surface area contributed by atoms with E-state index in [9.17, 15) is 13.2 Å². The van der Waals surface area contributed by atoms with Crippen LogP contribution in [0.25, 0.3) is 11.0 Å². The van der Waals surface area contributed by atoms with Gasteiger partial charge in [0.1, 0.15) is 16.2 Å². The van der Waals surface area contributed by atoms with Gasteiger partial charge in [-0.25, -0.2) is 13.2 Å². The number of para-hydroxylation sites is 1. The maximum atomic E-state index is 12.7. The van der Waals surface area contributed by atoms with Crippen LogP contribution >= 0.6 is 0 Å².